The number of anilines is 1. The molecule has 2 N–H and O–H groups in total. The highest BCUT2D eigenvalue weighted by atomic mass is 16.5. The van der Waals surface area contributed by atoms with Crippen molar-refractivity contribution in [2.24, 2.45) is 0 Å². The van der Waals surface area contributed by atoms with Crippen LogP contribution in [0.5, 0.6) is 0 Å². The van der Waals surface area contributed by atoms with Gasteiger partial charge in [-0.15, -0.1) is 0 Å². The van der Waals surface area contributed by atoms with E-state index in [9.17, 15) is 0 Å². The van der Waals surface area contributed by atoms with Gasteiger partial charge in [0.2, 0.25) is 0 Å². The molecule has 0 spiro atoms. The van der Waals surface area contributed by atoms with Gasteiger partial charge < -0.3 is 10.5 Å². The molecule has 2 heteroatoms. The van der Waals surface area contributed by atoms with Gasteiger partial charge in [0.05, 0.1) is 13.2 Å². The van der Waals surface area contributed by atoms with Gasteiger partial charge in [-0.25, -0.2) is 0 Å². The third-order valence-electron chi connectivity index (χ3n) is 3.01. The summed E-state index contributed by atoms with van der Waals surface area (Å²) >= 11 is 0. The van der Waals surface area contributed by atoms with Crippen LogP contribution in [0.4, 0.5) is 5.69 Å². The zero-order chi connectivity index (χ0) is 10.0. The van der Waals surface area contributed by atoms with E-state index in [1.165, 1.54) is 18.4 Å². The van der Waals surface area contributed by atoms with Crippen LogP contribution < -0.4 is 5.73 Å². The quantitative estimate of drug-likeness (QED) is 0.744. The van der Waals surface area contributed by atoms with E-state index in [1.807, 2.05) is 12.1 Å². The van der Waals surface area contributed by atoms with Gasteiger partial charge >= 0.3 is 0 Å². The smallest absolute Gasteiger partial charge is 0.0585 e. The normalized spacial score (nSPS) is 18.9. The molecular weight excluding hydrogens is 174 g/mol. The van der Waals surface area contributed by atoms with Crippen molar-refractivity contribution < 1.29 is 4.74 Å². The first-order valence-corrected chi connectivity index (χ1v) is 5.21. The fourth-order valence-electron chi connectivity index (χ4n) is 2.12. The van der Waals surface area contributed by atoms with Crippen LogP contribution in [0, 0.1) is 0 Å². The van der Waals surface area contributed by atoms with Crippen LogP contribution in [0.2, 0.25) is 0 Å². The fraction of sp³-hybridized carbons (Fsp3) is 0.500. The lowest BCUT2D eigenvalue weighted by Crippen LogP contribution is -2.46. The van der Waals surface area contributed by atoms with Crippen LogP contribution >= 0.6 is 0 Å². The lowest BCUT2D eigenvalue weighted by molar-refractivity contribution is -0.0646. The maximum Gasteiger partial charge on any atom is 0.0585 e. The molecule has 1 aliphatic heterocycles. The van der Waals surface area contributed by atoms with Crippen molar-refractivity contribution in [3.8, 4) is 0 Å². The summed E-state index contributed by atoms with van der Waals surface area (Å²) < 4.78 is 5.34. The van der Waals surface area contributed by atoms with Crippen molar-refractivity contribution in [1.82, 2.24) is 0 Å². The Hall–Kier alpha value is -1.02. The van der Waals surface area contributed by atoms with Crippen LogP contribution in [0.3, 0.4) is 0 Å². The second-order valence-electron chi connectivity index (χ2n) is 4.15. The summed E-state index contributed by atoms with van der Waals surface area (Å²) in [6.07, 6.45) is 2.41. The monoisotopic (exact) mass is 191 g/mol. The summed E-state index contributed by atoms with van der Waals surface area (Å²) in [5.41, 5.74) is 8.16. The maximum absolute atomic E-state index is 5.67. The molecule has 0 radical (unpaired) electrons. The highest BCUT2D eigenvalue weighted by molar-refractivity contribution is 5.42. The highest BCUT2D eigenvalue weighted by Gasteiger charge is 2.39. The number of ether oxygens (including phenoxy) is 1. The Kier molecular flexibility index (Phi) is 2.46. The average Bonchev–Trinajstić information content (AvgIpc) is 2.13. The van der Waals surface area contributed by atoms with Crippen LogP contribution in [0.1, 0.15) is 25.3 Å². The first kappa shape index (κ1) is 9.53. The fourth-order valence-corrected chi connectivity index (χ4v) is 2.12. The molecule has 2 rings (SSSR count). The molecule has 0 bridgehead atoms. The van der Waals surface area contributed by atoms with Crippen molar-refractivity contribution in [3.05, 3.63) is 29.8 Å². The number of nitrogen functional groups attached to an aromatic ring is 1. The highest BCUT2D eigenvalue weighted by Crippen LogP contribution is 2.36. The average molecular weight is 191 g/mol. The molecule has 1 heterocycles. The number of rotatable bonds is 3. The Morgan fingerprint density at radius 1 is 1.29 bits per heavy atom. The number of benzene rings is 1. The van der Waals surface area contributed by atoms with Crippen molar-refractivity contribution in [2.75, 3.05) is 18.9 Å². The topological polar surface area (TPSA) is 35.2 Å². The van der Waals surface area contributed by atoms with Crippen LogP contribution in [-0.4, -0.2) is 13.2 Å². The summed E-state index contributed by atoms with van der Waals surface area (Å²) in [7, 11) is 0. The zero-order valence-electron chi connectivity index (χ0n) is 8.62. The summed E-state index contributed by atoms with van der Waals surface area (Å²) in [5, 5.41) is 0. The molecule has 0 amide bonds. The van der Waals surface area contributed by atoms with E-state index in [1.54, 1.807) is 0 Å². The van der Waals surface area contributed by atoms with E-state index >= 15 is 0 Å². The van der Waals surface area contributed by atoms with Crippen LogP contribution in [0.15, 0.2) is 24.3 Å². The number of nitrogens with two attached hydrogens (primary N) is 1. The summed E-state index contributed by atoms with van der Waals surface area (Å²) in [6.45, 7) is 3.95. The second kappa shape index (κ2) is 3.62. The Morgan fingerprint density at radius 3 is 2.36 bits per heavy atom. The van der Waals surface area contributed by atoms with E-state index in [2.05, 4.69) is 19.1 Å². The van der Waals surface area contributed by atoms with Gasteiger partial charge in [0, 0.05) is 11.1 Å². The van der Waals surface area contributed by atoms with E-state index in [-0.39, 0.29) is 5.41 Å². The minimum absolute atomic E-state index is 0.280. The maximum atomic E-state index is 5.67. The molecule has 0 unspecified atom stereocenters. The summed E-state index contributed by atoms with van der Waals surface area (Å²) in [6, 6.07) is 8.22. The summed E-state index contributed by atoms with van der Waals surface area (Å²) in [4.78, 5) is 0. The van der Waals surface area contributed by atoms with Crippen molar-refractivity contribution in [1.29, 1.82) is 0 Å². The molecule has 0 aliphatic carbocycles. The molecule has 0 aromatic heterocycles. The van der Waals surface area contributed by atoms with E-state index in [4.69, 9.17) is 10.5 Å². The molecule has 1 aliphatic rings. The van der Waals surface area contributed by atoms with Gasteiger partial charge in [-0.1, -0.05) is 25.5 Å². The van der Waals surface area contributed by atoms with Gasteiger partial charge in [0.1, 0.15) is 0 Å². The van der Waals surface area contributed by atoms with Gasteiger partial charge in [-0.2, -0.15) is 0 Å². The third kappa shape index (κ3) is 1.50. The van der Waals surface area contributed by atoms with Gasteiger partial charge in [0.15, 0.2) is 0 Å². The summed E-state index contributed by atoms with van der Waals surface area (Å²) in [5.74, 6) is 0. The molecule has 1 fully saturated rings. The molecule has 14 heavy (non-hydrogen) atoms. The molecule has 0 atom stereocenters. The van der Waals surface area contributed by atoms with E-state index in [0.717, 1.165) is 18.9 Å². The van der Waals surface area contributed by atoms with Crippen molar-refractivity contribution in [3.63, 3.8) is 0 Å². The lowest BCUT2D eigenvalue weighted by atomic mass is 9.75. The molecule has 2 nitrogen and oxygen atoms in total. The van der Waals surface area contributed by atoms with Crippen molar-refractivity contribution >= 4 is 5.69 Å². The van der Waals surface area contributed by atoms with E-state index < -0.39 is 0 Å². The Balaban J connectivity index is 2.23. The van der Waals surface area contributed by atoms with Crippen molar-refractivity contribution in [2.45, 2.75) is 25.2 Å². The van der Waals surface area contributed by atoms with E-state index in [0.29, 0.717) is 0 Å². The van der Waals surface area contributed by atoms with Crippen LogP contribution in [-0.2, 0) is 10.2 Å². The minimum Gasteiger partial charge on any atom is -0.399 e. The molecule has 0 saturated carbocycles. The molecule has 76 valence electrons. The minimum atomic E-state index is 0.280. The third-order valence-corrected chi connectivity index (χ3v) is 3.01. The number of hydrogen-bond acceptors (Lipinski definition) is 2. The van der Waals surface area contributed by atoms with Gasteiger partial charge in [0.25, 0.3) is 0 Å². The molecule has 1 aromatic carbocycles. The van der Waals surface area contributed by atoms with Crippen LogP contribution in [0.25, 0.3) is 0 Å². The predicted molar refractivity (Wildman–Crippen MR) is 58.3 cm³/mol. The Labute approximate surface area is 85.1 Å². The van der Waals surface area contributed by atoms with Gasteiger partial charge in [-0.05, 0) is 24.1 Å². The second-order valence-corrected chi connectivity index (χ2v) is 4.15. The molecular formula is C12H17NO. The number of hydrogen-bond donors (Lipinski definition) is 1. The first-order valence-electron chi connectivity index (χ1n) is 5.21. The van der Waals surface area contributed by atoms with Gasteiger partial charge in [-0.3, -0.25) is 0 Å². The molecule has 1 aromatic rings. The molecule has 1 saturated heterocycles. The Morgan fingerprint density at radius 2 is 1.93 bits per heavy atom. The largest absolute Gasteiger partial charge is 0.399 e. The predicted octanol–water partition coefficient (Wildman–Crippen LogP) is 2.34. The zero-order valence-corrected chi connectivity index (χ0v) is 8.62. The SMILES string of the molecule is CCCC1(c2ccc(N)cc2)COC1. The first-order chi connectivity index (χ1) is 6.77. The lowest BCUT2D eigenvalue weighted by Gasteiger charge is -2.42. The standard InChI is InChI=1S/C12H17NO/c1-2-7-12(8-14-9-12)10-3-5-11(13)6-4-10/h3-6H,2,7-9,13H2,1H3. The Bertz CT molecular complexity index is 301.